The van der Waals surface area contributed by atoms with Crippen molar-refractivity contribution in [3.63, 3.8) is 0 Å². The zero-order valence-electron chi connectivity index (χ0n) is 17.1. The number of nitrogens with zero attached hydrogens (tertiary/aromatic N) is 2. The molecule has 0 bridgehead atoms. The zero-order valence-corrected chi connectivity index (χ0v) is 17.9. The highest BCUT2D eigenvalue weighted by molar-refractivity contribution is 8.00. The number of benzene rings is 2. The monoisotopic (exact) mass is 433 g/mol. The van der Waals surface area contributed by atoms with Crippen molar-refractivity contribution in [3.8, 4) is 0 Å². The number of aryl methyl sites for hydroxylation is 2. The summed E-state index contributed by atoms with van der Waals surface area (Å²) in [5, 5.41) is 2.98. The summed E-state index contributed by atoms with van der Waals surface area (Å²) in [6.45, 7) is 6.50. The number of anilines is 1. The molecule has 2 aromatic rings. The molecule has 30 heavy (non-hydrogen) atoms. The summed E-state index contributed by atoms with van der Waals surface area (Å²) in [6, 6.07) is 9.51. The van der Waals surface area contributed by atoms with Crippen LogP contribution in [0.25, 0.3) is 0 Å². The van der Waals surface area contributed by atoms with Crippen molar-refractivity contribution in [2.24, 2.45) is 0 Å². The summed E-state index contributed by atoms with van der Waals surface area (Å²) in [4.78, 5) is 29.1. The molecule has 0 atom stereocenters. The minimum Gasteiger partial charge on any atom is -0.339 e. The number of hydrogen-bond donors (Lipinski definition) is 1. The van der Waals surface area contributed by atoms with Gasteiger partial charge in [-0.1, -0.05) is 18.2 Å². The molecule has 8 heteroatoms. The molecule has 160 valence electrons. The highest BCUT2D eigenvalue weighted by Crippen LogP contribution is 2.21. The van der Waals surface area contributed by atoms with E-state index in [0.717, 1.165) is 28.9 Å². The van der Waals surface area contributed by atoms with E-state index < -0.39 is 11.6 Å². The lowest BCUT2D eigenvalue weighted by atomic mass is 10.1. The van der Waals surface area contributed by atoms with Crippen molar-refractivity contribution < 1.29 is 18.4 Å². The number of halogens is 2. The normalized spacial score (nSPS) is 14.6. The summed E-state index contributed by atoms with van der Waals surface area (Å²) in [5.74, 6) is -1.77. The van der Waals surface area contributed by atoms with E-state index in [1.807, 2.05) is 36.9 Å². The molecular weight excluding hydrogens is 408 g/mol. The highest BCUT2D eigenvalue weighted by atomic mass is 32.2. The van der Waals surface area contributed by atoms with Gasteiger partial charge in [0.15, 0.2) is 11.6 Å². The standard InChI is InChI=1S/C22H25F2N3O2S/c1-15-4-3-5-16(2)22(15)25-20(28)13-26-8-10-27(11-9-26)21(29)14-30-17-6-7-18(23)19(24)12-17/h3-7,12H,8-11,13-14H2,1-2H3,(H,25,28). The van der Waals surface area contributed by atoms with Crippen LogP contribution in [0, 0.1) is 25.5 Å². The smallest absolute Gasteiger partial charge is 0.238 e. The third-order valence-corrected chi connectivity index (χ3v) is 6.07. The topological polar surface area (TPSA) is 52.7 Å². The van der Waals surface area contributed by atoms with Gasteiger partial charge in [-0.25, -0.2) is 8.78 Å². The Hall–Kier alpha value is -2.45. The minimum absolute atomic E-state index is 0.0515. The number of carbonyl (C=O) groups excluding carboxylic acids is 2. The van der Waals surface area contributed by atoms with Gasteiger partial charge in [0.25, 0.3) is 0 Å². The van der Waals surface area contributed by atoms with Crippen molar-refractivity contribution in [3.05, 3.63) is 59.2 Å². The Morgan fingerprint density at radius 3 is 2.30 bits per heavy atom. The fourth-order valence-electron chi connectivity index (χ4n) is 3.35. The third-order valence-electron chi connectivity index (χ3n) is 5.09. The molecule has 1 aliphatic rings. The van der Waals surface area contributed by atoms with Crippen LogP contribution in [0.3, 0.4) is 0 Å². The van der Waals surface area contributed by atoms with Gasteiger partial charge in [0, 0.05) is 36.8 Å². The van der Waals surface area contributed by atoms with Crippen LogP contribution in [0.1, 0.15) is 11.1 Å². The van der Waals surface area contributed by atoms with Gasteiger partial charge in [0.2, 0.25) is 11.8 Å². The van der Waals surface area contributed by atoms with Gasteiger partial charge in [0.1, 0.15) is 0 Å². The Bertz CT molecular complexity index is 910. The number of piperazine rings is 1. The summed E-state index contributed by atoms with van der Waals surface area (Å²) in [7, 11) is 0. The molecule has 1 fully saturated rings. The van der Waals surface area contributed by atoms with Crippen LogP contribution in [0.5, 0.6) is 0 Å². The number of carbonyl (C=O) groups is 2. The lowest BCUT2D eigenvalue weighted by Gasteiger charge is -2.34. The molecule has 2 aromatic carbocycles. The third kappa shape index (κ3) is 5.79. The molecular formula is C22H25F2N3O2S. The molecule has 1 heterocycles. The quantitative estimate of drug-likeness (QED) is 0.709. The summed E-state index contributed by atoms with van der Waals surface area (Å²) in [6.07, 6.45) is 0. The highest BCUT2D eigenvalue weighted by Gasteiger charge is 2.23. The van der Waals surface area contributed by atoms with Gasteiger partial charge in [0.05, 0.1) is 12.3 Å². The van der Waals surface area contributed by atoms with Crippen LogP contribution in [-0.4, -0.2) is 60.1 Å². The second-order valence-electron chi connectivity index (χ2n) is 7.34. The maximum Gasteiger partial charge on any atom is 0.238 e. The van der Waals surface area contributed by atoms with E-state index in [9.17, 15) is 18.4 Å². The summed E-state index contributed by atoms with van der Waals surface area (Å²) >= 11 is 1.18. The minimum atomic E-state index is -0.916. The predicted octanol–water partition coefficient (Wildman–Crippen LogP) is 3.46. The van der Waals surface area contributed by atoms with Crippen LogP contribution in [0.2, 0.25) is 0 Å². The van der Waals surface area contributed by atoms with Crippen LogP contribution in [-0.2, 0) is 9.59 Å². The van der Waals surface area contributed by atoms with Crippen LogP contribution >= 0.6 is 11.8 Å². The maximum atomic E-state index is 13.3. The van der Waals surface area contributed by atoms with Crippen molar-refractivity contribution in [1.29, 1.82) is 0 Å². The first-order chi connectivity index (χ1) is 14.3. The van der Waals surface area contributed by atoms with Crippen molar-refractivity contribution in [2.75, 3.05) is 43.8 Å². The number of para-hydroxylation sites is 1. The maximum absolute atomic E-state index is 13.3. The molecule has 1 N–H and O–H groups in total. The van der Waals surface area contributed by atoms with Crippen molar-refractivity contribution >= 4 is 29.3 Å². The van der Waals surface area contributed by atoms with E-state index in [1.165, 1.54) is 17.8 Å². The molecule has 3 rings (SSSR count). The molecule has 0 radical (unpaired) electrons. The molecule has 1 saturated heterocycles. The first kappa shape index (κ1) is 22.2. The molecule has 2 amide bonds. The Balaban J connectivity index is 1.43. The zero-order chi connectivity index (χ0) is 21.7. The fourth-order valence-corrected chi connectivity index (χ4v) is 4.18. The second kappa shape index (κ2) is 10.0. The lowest BCUT2D eigenvalue weighted by molar-refractivity contribution is -0.130. The van der Waals surface area contributed by atoms with Gasteiger partial charge in [-0.05, 0) is 43.2 Å². The summed E-state index contributed by atoms with van der Waals surface area (Å²) in [5.41, 5.74) is 2.90. The molecule has 0 aliphatic carbocycles. The number of hydrogen-bond acceptors (Lipinski definition) is 4. The van der Waals surface area contributed by atoms with E-state index in [2.05, 4.69) is 5.32 Å². The van der Waals surface area contributed by atoms with Crippen molar-refractivity contribution in [1.82, 2.24) is 9.80 Å². The van der Waals surface area contributed by atoms with Gasteiger partial charge in [-0.15, -0.1) is 11.8 Å². The average Bonchev–Trinajstić information content (AvgIpc) is 2.72. The number of nitrogens with one attached hydrogen (secondary N) is 1. The predicted molar refractivity (Wildman–Crippen MR) is 115 cm³/mol. The lowest BCUT2D eigenvalue weighted by Crippen LogP contribution is -2.50. The molecule has 0 aromatic heterocycles. The molecule has 0 spiro atoms. The Labute approximate surface area is 179 Å². The second-order valence-corrected chi connectivity index (χ2v) is 8.39. The van der Waals surface area contributed by atoms with E-state index in [-0.39, 0.29) is 24.1 Å². The molecule has 5 nitrogen and oxygen atoms in total. The van der Waals surface area contributed by atoms with Gasteiger partial charge in [-0.2, -0.15) is 0 Å². The van der Waals surface area contributed by atoms with E-state index in [4.69, 9.17) is 0 Å². The molecule has 0 unspecified atom stereocenters. The summed E-state index contributed by atoms with van der Waals surface area (Å²) < 4.78 is 26.2. The SMILES string of the molecule is Cc1cccc(C)c1NC(=O)CN1CCN(C(=O)CSc2ccc(F)c(F)c2)CC1. The van der Waals surface area contributed by atoms with Crippen molar-refractivity contribution in [2.45, 2.75) is 18.7 Å². The van der Waals surface area contributed by atoms with Crippen LogP contribution < -0.4 is 5.32 Å². The van der Waals surface area contributed by atoms with E-state index in [1.54, 1.807) is 4.90 Å². The van der Waals surface area contributed by atoms with Crippen LogP contribution in [0.15, 0.2) is 41.3 Å². The Kier molecular flexibility index (Phi) is 7.44. The number of amides is 2. The average molecular weight is 434 g/mol. The van der Waals surface area contributed by atoms with Gasteiger partial charge >= 0.3 is 0 Å². The number of thioether (sulfide) groups is 1. The largest absolute Gasteiger partial charge is 0.339 e. The Morgan fingerprint density at radius 2 is 1.67 bits per heavy atom. The van der Waals surface area contributed by atoms with E-state index in [0.29, 0.717) is 31.1 Å². The Morgan fingerprint density at radius 1 is 1.00 bits per heavy atom. The fraction of sp³-hybridized carbons (Fsp3) is 0.364. The molecule has 1 aliphatic heterocycles. The first-order valence-electron chi connectivity index (χ1n) is 9.77. The van der Waals surface area contributed by atoms with Crippen LogP contribution in [0.4, 0.5) is 14.5 Å². The first-order valence-corrected chi connectivity index (χ1v) is 10.8. The molecule has 0 saturated carbocycles. The van der Waals surface area contributed by atoms with Gasteiger partial charge in [-0.3, -0.25) is 14.5 Å². The number of rotatable bonds is 6. The van der Waals surface area contributed by atoms with E-state index >= 15 is 0 Å². The van der Waals surface area contributed by atoms with Gasteiger partial charge < -0.3 is 10.2 Å².